The predicted octanol–water partition coefficient (Wildman–Crippen LogP) is 0.964. The fourth-order valence-corrected chi connectivity index (χ4v) is 2.51. The van der Waals surface area contributed by atoms with Crippen molar-refractivity contribution in [3.05, 3.63) is 11.1 Å². The lowest BCUT2D eigenvalue weighted by molar-refractivity contribution is -0.128. The summed E-state index contributed by atoms with van der Waals surface area (Å²) >= 11 is 1.18. The second-order valence-electron chi connectivity index (χ2n) is 3.96. The third kappa shape index (κ3) is 2.98. The van der Waals surface area contributed by atoms with Gasteiger partial charge in [-0.05, 0) is 12.8 Å². The zero-order valence-corrected chi connectivity index (χ0v) is 11.0. The summed E-state index contributed by atoms with van der Waals surface area (Å²) in [5.41, 5.74) is 0. The highest BCUT2D eigenvalue weighted by molar-refractivity contribution is 7.17. The van der Waals surface area contributed by atoms with Crippen molar-refractivity contribution in [1.29, 1.82) is 0 Å². The number of amides is 1. The number of carbonyl (C=O) groups is 2. The van der Waals surface area contributed by atoms with Gasteiger partial charge in [-0.2, -0.15) is 0 Å². The number of hydrogen-bond acceptors (Lipinski definition) is 6. The number of nitrogens with one attached hydrogen (secondary N) is 1. The van der Waals surface area contributed by atoms with Gasteiger partial charge in [0.1, 0.15) is 4.88 Å². The third-order valence-corrected chi connectivity index (χ3v) is 3.68. The number of methoxy groups -OCH3 is 1. The molecule has 0 atom stereocenters. The summed E-state index contributed by atoms with van der Waals surface area (Å²) < 4.78 is 4.59. The number of esters is 1. The quantitative estimate of drug-likeness (QED) is 0.824. The van der Waals surface area contributed by atoms with Crippen molar-refractivity contribution in [2.75, 3.05) is 32.1 Å². The molecule has 0 unspecified atom stereocenters. The molecule has 0 spiro atoms. The number of ether oxygens (including phenoxy) is 1. The van der Waals surface area contributed by atoms with E-state index in [1.807, 2.05) is 4.90 Å². The lowest BCUT2D eigenvalue weighted by Gasteiger charge is -2.14. The Bertz CT molecular complexity index is 440. The van der Waals surface area contributed by atoms with Gasteiger partial charge in [-0.25, -0.2) is 9.78 Å². The molecule has 2 heterocycles. The van der Waals surface area contributed by atoms with Crippen LogP contribution in [0.1, 0.15) is 22.5 Å². The average Bonchev–Trinajstić information content (AvgIpc) is 3.05. The normalized spacial score (nSPS) is 14.6. The monoisotopic (exact) mass is 269 g/mol. The molecule has 1 aliphatic rings. The van der Waals surface area contributed by atoms with Gasteiger partial charge >= 0.3 is 5.97 Å². The highest BCUT2D eigenvalue weighted by atomic mass is 32.1. The van der Waals surface area contributed by atoms with Crippen LogP contribution in [0.2, 0.25) is 0 Å². The van der Waals surface area contributed by atoms with E-state index in [9.17, 15) is 9.59 Å². The van der Waals surface area contributed by atoms with Crippen LogP contribution in [-0.4, -0.2) is 48.5 Å². The van der Waals surface area contributed by atoms with Gasteiger partial charge in [0.2, 0.25) is 5.91 Å². The number of anilines is 1. The summed E-state index contributed by atoms with van der Waals surface area (Å²) in [7, 11) is 1.33. The predicted molar refractivity (Wildman–Crippen MR) is 67.8 cm³/mol. The van der Waals surface area contributed by atoms with Crippen LogP contribution >= 0.6 is 11.3 Å². The molecule has 2 rings (SSSR count). The molecular formula is C11H15N3O3S. The minimum absolute atomic E-state index is 0.0716. The minimum atomic E-state index is -0.411. The Morgan fingerprint density at radius 2 is 2.22 bits per heavy atom. The van der Waals surface area contributed by atoms with E-state index >= 15 is 0 Å². The lowest BCUT2D eigenvalue weighted by atomic mass is 10.4. The summed E-state index contributed by atoms with van der Waals surface area (Å²) in [5, 5.41) is 3.49. The molecule has 7 heteroatoms. The first-order chi connectivity index (χ1) is 8.70. The largest absolute Gasteiger partial charge is 0.465 e. The van der Waals surface area contributed by atoms with Crippen LogP contribution in [0.5, 0.6) is 0 Å². The standard InChI is InChI=1S/C11H15N3O3S/c1-17-10(16)8-6-12-11(18-8)13-7-9(15)14-4-2-3-5-14/h6H,2-5,7H2,1H3,(H,12,13). The first-order valence-electron chi connectivity index (χ1n) is 5.76. The van der Waals surface area contributed by atoms with Crippen molar-refractivity contribution in [3.63, 3.8) is 0 Å². The SMILES string of the molecule is COC(=O)c1cnc(NCC(=O)N2CCCC2)s1. The van der Waals surface area contributed by atoms with Gasteiger partial charge in [-0.1, -0.05) is 11.3 Å². The van der Waals surface area contributed by atoms with E-state index in [1.165, 1.54) is 24.6 Å². The Hall–Kier alpha value is -1.63. The van der Waals surface area contributed by atoms with E-state index in [-0.39, 0.29) is 12.5 Å². The molecule has 1 amide bonds. The van der Waals surface area contributed by atoms with Crippen LogP contribution in [0.15, 0.2) is 6.20 Å². The summed E-state index contributed by atoms with van der Waals surface area (Å²) in [6.07, 6.45) is 3.60. The summed E-state index contributed by atoms with van der Waals surface area (Å²) in [6.45, 7) is 1.89. The van der Waals surface area contributed by atoms with E-state index in [4.69, 9.17) is 0 Å². The maximum atomic E-state index is 11.8. The van der Waals surface area contributed by atoms with E-state index in [2.05, 4.69) is 15.0 Å². The molecule has 0 bridgehead atoms. The lowest BCUT2D eigenvalue weighted by Crippen LogP contribution is -2.32. The van der Waals surface area contributed by atoms with Crippen molar-refractivity contribution < 1.29 is 14.3 Å². The molecule has 0 saturated carbocycles. The highest BCUT2D eigenvalue weighted by Gasteiger charge is 2.18. The molecule has 98 valence electrons. The summed E-state index contributed by atoms with van der Waals surface area (Å²) in [4.78, 5) is 29.3. The van der Waals surface area contributed by atoms with Crippen molar-refractivity contribution in [3.8, 4) is 0 Å². The zero-order chi connectivity index (χ0) is 13.0. The number of rotatable bonds is 4. The van der Waals surface area contributed by atoms with Gasteiger partial charge in [-0.15, -0.1) is 0 Å². The number of aromatic nitrogens is 1. The Balaban J connectivity index is 1.84. The van der Waals surface area contributed by atoms with Crippen LogP contribution in [0.4, 0.5) is 5.13 Å². The van der Waals surface area contributed by atoms with Crippen molar-refractivity contribution in [2.45, 2.75) is 12.8 Å². The molecule has 1 aliphatic heterocycles. The molecule has 18 heavy (non-hydrogen) atoms. The van der Waals surface area contributed by atoms with Gasteiger partial charge < -0.3 is 15.0 Å². The van der Waals surface area contributed by atoms with Gasteiger partial charge in [0.05, 0.1) is 19.9 Å². The molecule has 1 fully saturated rings. The Kier molecular flexibility index (Phi) is 4.14. The van der Waals surface area contributed by atoms with Crippen molar-refractivity contribution in [1.82, 2.24) is 9.88 Å². The summed E-state index contributed by atoms with van der Waals surface area (Å²) in [5.74, 6) is -0.339. The number of nitrogens with zero attached hydrogens (tertiary/aromatic N) is 2. The van der Waals surface area contributed by atoms with Crippen LogP contribution in [-0.2, 0) is 9.53 Å². The highest BCUT2D eigenvalue weighted by Crippen LogP contribution is 2.18. The molecule has 1 saturated heterocycles. The zero-order valence-electron chi connectivity index (χ0n) is 10.1. The molecule has 1 N–H and O–H groups in total. The summed E-state index contributed by atoms with van der Waals surface area (Å²) in [6, 6.07) is 0. The minimum Gasteiger partial charge on any atom is -0.465 e. The van der Waals surface area contributed by atoms with E-state index in [0.717, 1.165) is 25.9 Å². The molecule has 0 aromatic carbocycles. The maximum Gasteiger partial charge on any atom is 0.349 e. The molecule has 6 nitrogen and oxygen atoms in total. The number of carbonyl (C=O) groups excluding carboxylic acids is 2. The fourth-order valence-electron chi connectivity index (χ4n) is 1.78. The van der Waals surface area contributed by atoms with E-state index in [0.29, 0.717) is 10.0 Å². The Morgan fingerprint density at radius 1 is 1.50 bits per heavy atom. The first kappa shape index (κ1) is 12.8. The average molecular weight is 269 g/mol. The van der Waals surface area contributed by atoms with Gasteiger partial charge in [0.15, 0.2) is 5.13 Å². The number of likely N-dealkylation sites (tertiary alicyclic amines) is 1. The Morgan fingerprint density at radius 3 is 2.89 bits per heavy atom. The smallest absolute Gasteiger partial charge is 0.349 e. The van der Waals surface area contributed by atoms with Gasteiger partial charge in [0, 0.05) is 13.1 Å². The van der Waals surface area contributed by atoms with Gasteiger partial charge in [-0.3, -0.25) is 4.79 Å². The van der Waals surface area contributed by atoms with Crippen molar-refractivity contribution in [2.24, 2.45) is 0 Å². The van der Waals surface area contributed by atoms with Crippen LogP contribution in [0.25, 0.3) is 0 Å². The molecular weight excluding hydrogens is 254 g/mol. The molecule has 0 radical (unpaired) electrons. The van der Waals surface area contributed by atoms with Crippen LogP contribution in [0, 0.1) is 0 Å². The molecule has 0 aliphatic carbocycles. The molecule has 1 aromatic heterocycles. The molecule has 1 aromatic rings. The van der Waals surface area contributed by atoms with E-state index < -0.39 is 5.97 Å². The van der Waals surface area contributed by atoms with Gasteiger partial charge in [0.25, 0.3) is 0 Å². The second-order valence-corrected chi connectivity index (χ2v) is 4.99. The number of hydrogen-bond donors (Lipinski definition) is 1. The van der Waals surface area contributed by atoms with E-state index in [1.54, 1.807) is 0 Å². The maximum absolute atomic E-state index is 11.8. The Labute approximate surface area is 109 Å². The second kappa shape index (κ2) is 5.81. The first-order valence-corrected chi connectivity index (χ1v) is 6.58. The topological polar surface area (TPSA) is 71.5 Å². The van der Waals surface area contributed by atoms with Crippen LogP contribution < -0.4 is 5.32 Å². The fraction of sp³-hybridized carbons (Fsp3) is 0.545. The van der Waals surface area contributed by atoms with Crippen LogP contribution in [0.3, 0.4) is 0 Å². The third-order valence-electron chi connectivity index (χ3n) is 2.74. The van der Waals surface area contributed by atoms with Crippen molar-refractivity contribution >= 4 is 28.3 Å². The number of thiazole rings is 1.